The summed E-state index contributed by atoms with van der Waals surface area (Å²) >= 11 is 0. The molecule has 35 heavy (non-hydrogen) atoms. The Hall–Kier alpha value is -3.78. The van der Waals surface area contributed by atoms with Crippen LogP contribution in [0.4, 0.5) is 13.2 Å². The number of fused-ring (bicyclic) bond motifs is 1. The third kappa shape index (κ3) is 5.49. The Balaban J connectivity index is 1.62. The number of amides is 1. The van der Waals surface area contributed by atoms with E-state index in [0.717, 1.165) is 29.3 Å². The van der Waals surface area contributed by atoms with Gasteiger partial charge >= 0.3 is 0 Å². The summed E-state index contributed by atoms with van der Waals surface area (Å²) in [5.41, 5.74) is 1.92. The molecule has 0 fully saturated rings. The van der Waals surface area contributed by atoms with E-state index in [1.54, 1.807) is 24.4 Å². The standard InChI is InChI=1S/C27H25F3N2O3/c1-2-9-35-26-8-3-16(21-12-18(28)4-6-24(21)30)11-23(26)27(34)32-20(15-33)10-17-14-31-25-7-5-19(29)13-22(17)25/h3-8,11-14,20,31,33H,2,9-10,15H2,1H3,(H,32,34). The fourth-order valence-electron chi connectivity index (χ4n) is 3.94. The molecular weight excluding hydrogens is 457 g/mol. The molecule has 1 aromatic heterocycles. The summed E-state index contributed by atoms with van der Waals surface area (Å²) in [7, 11) is 0. The van der Waals surface area contributed by atoms with Crippen LogP contribution in [0.5, 0.6) is 5.75 Å². The van der Waals surface area contributed by atoms with Gasteiger partial charge in [-0.05, 0) is 72.5 Å². The first kappa shape index (κ1) is 24.3. The maximum atomic E-state index is 14.4. The van der Waals surface area contributed by atoms with Crippen LogP contribution in [0.15, 0.2) is 60.8 Å². The Morgan fingerprint density at radius 1 is 1.06 bits per heavy atom. The van der Waals surface area contributed by atoms with Gasteiger partial charge in [-0.1, -0.05) is 13.0 Å². The van der Waals surface area contributed by atoms with Crippen molar-refractivity contribution in [2.75, 3.05) is 13.2 Å². The normalized spacial score (nSPS) is 12.0. The molecule has 1 atom stereocenters. The molecule has 1 heterocycles. The largest absolute Gasteiger partial charge is 0.493 e. The molecule has 0 aliphatic rings. The molecule has 1 amide bonds. The zero-order chi connectivity index (χ0) is 24.9. The molecule has 0 saturated carbocycles. The van der Waals surface area contributed by atoms with Crippen LogP contribution in [-0.2, 0) is 6.42 Å². The molecule has 182 valence electrons. The van der Waals surface area contributed by atoms with Crippen molar-refractivity contribution in [3.8, 4) is 16.9 Å². The first-order valence-electron chi connectivity index (χ1n) is 11.3. The highest BCUT2D eigenvalue weighted by Gasteiger charge is 2.20. The second-order valence-electron chi connectivity index (χ2n) is 8.24. The lowest BCUT2D eigenvalue weighted by molar-refractivity contribution is 0.0912. The van der Waals surface area contributed by atoms with Crippen molar-refractivity contribution >= 4 is 16.8 Å². The third-order valence-corrected chi connectivity index (χ3v) is 5.68. The summed E-state index contributed by atoms with van der Waals surface area (Å²) in [5, 5.41) is 13.4. The van der Waals surface area contributed by atoms with Gasteiger partial charge < -0.3 is 20.1 Å². The van der Waals surface area contributed by atoms with Gasteiger partial charge in [-0.2, -0.15) is 0 Å². The molecule has 4 rings (SSSR count). The lowest BCUT2D eigenvalue weighted by Gasteiger charge is -2.18. The number of carbonyl (C=O) groups excluding carboxylic acids is 1. The Morgan fingerprint density at radius 2 is 1.83 bits per heavy atom. The van der Waals surface area contributed by atoms with Crippen LogP contribution in [0.3, 0.4) is 0 Å². The molecular formula is C27H25F3N2O3. The van der Waals surface area contributed by atoms with Crippen molar-refractivity contribution in [3.63, 3.8) is 0 Å². The number of aliphatic hydroxyl groups is 1. The van der Waals surface area contributed by atoms with Gasteiger partial charge in [-0.25, -0.2) is 13.2 Å². The smallest absolute Gasteiger partial charge is 0.255 e. The molecule has 0 aliphatic heterocycles. The van der Waals surface area contributed by atoms with E-state index < -0.39 is 23.6 Å². The van der Waals surface area contributed by atoms with E-state index in [0.29, 0.717) is 24.0 Å². The van der Waals surface area contributed by atoms with E-state index in [1.165, 1.54) is 18.2 Å². The maximum Gasteiger partial charge on any atom is 0.255 e. The monoisotopic (exact) mass is 482 g/mol. The van der Waals surface area contributed by atoms with Gasteiger partial charge in [-0.15, -0.1) is 0 Å². The Morgan fingerprint density at radius 3 is 2.60 bits per heavy atom. The van der Waals surface area contributed by atoms with Crippen molar-refractivity contribution in [1.82, 2.24) is 10.3 Å². The Bertz CT molecular complexity index is 1350. The van der Waals surface area contributed by atoms with Crippen molar-refractivity contribution in [3.05, 3.63) is 89.4 Å². The minimum atomic E-state index is -0.682. The fraction of sp³-hybridized carbons (Fsp3) is 0.222. The molecule has 8 heteroatoms. The molecule has 0 saturated heterocycles. The van der Waals surface area contributed by atoms with E-state index in [4.69, 9.17) is 4.74 Å². The first-order chi connectivity index (χ1) is 16.9. The average Bonchev–Trinajstić information content (AvgIpc) is 3.25. The fourth-order valence-corrected chi connectivity index (χ4v) is 3.94. The molecule has 0 bridgehead atoms. The predicted molar refractivity (Wildman–Crippen MR) is 128 cm³/mol. The molecule has 3 aromatic carbocycles. The number of rotatable bonds is 9. The average molecular weight is 483 g/mol. The minimum Gasteiger partial charge on any atom is -0.493 e. The minimum absolute atomic E-state index is 0.0145. The highest BCUT2D eigenvalue weighted by Crippen LogP contribution is 2.30. The summed E-state index contributed by atoms with van der Waals surface area (Å²) in [5.74, 6) is -1.87. The van der Waals surface area contributed by atoms with Crippen LogP contribution in [0.1, 0.15) is 29.3 Å². The third-order valence-electron chi connectivity index (χ3n) is 5.68. The summed E-state index contributed by atoms with van der Waals surface area (Å²) < 4.78 is 47.5. The number of carbonyl (C=O) groups is 1. The summed E-state index contributed by atoms with van der Waals surface area (Å²) in [6, 6.07) is 11.3. The second-order valence-corrected chi connectivity index (χ2v) is 8.24. The van der Waals surface area contributed by atoms with E-state index in [1.807, 2.05) is 6.92 Å². The van der Waals surface area contributed by atoms with Gasteiger partial charge in [0.05, 0.1) is 24.8 Å². The van der Waals surface area contributed by atoms with E-state index in [9.17, 15) is 23.1 Å². The van der Waals surface area contributed by atoms with Crippen LogP contribution < -0.4 is 10.1 Å². The number of aromatic amines is 1. The Labute approximate surface area is 200 Å². The highest BCUT2D eigenvalue weighted by atomic mass is 19.1. The number of halogens is 3. The van der Waals surface area contributed by atoms with Gasteiger partial charge in [0.2, 0.25) is 0 Å². The number of aliphatic hydroxyl groups excluding tert-OH is 1. The van der Waals surface area contributed by atoms with Gasteiger partial charge in [0.25, 0.3) is 5.91 Å². The van der Waals surface area contributed by atoms with Crippen LogP contribution >= 0.6 is 0 Å². The maximum absolute atomic E-state index is 14.4. The number of nitrogens with one attached hydrogen (secondary N) is 2. The lowest BCUT2D eigenvalue weighted by atomic mass is 10.0. The van der Waals surface area contributed by atoms with Crippen molar-refractivity contribution in [2.45, 2.75) is 25.8 Å². The van der Waals surface area contributed by atoms with Crippen molar-refractivity contribution < 1.29 is 27.8 Å². The second kappa shape index (κ2) is 10.7. The predicted octanol–water partition coefficient (Wildman–Crippen LogP) is 5.37. The number of H-pyrrole nitrogens is 1. The SMILES string of the molecule is CCCOc1ccc(-c2cc(F)ccc2F)cc1C(=O)NC(CO)Cc1c[nH]c2ccc(F)cc12. The number of ether oxygens (including phenoxy) is 1. The van der Waals surface area contributed by atoms with E-state index in [2.05, 4.69) is 10.3 Å². The van der Waals surface area contributed by atoms with Crippen LogP contribution in [0.25, 0.3) is 22.0 Å². The van der Waals surface area contributed by atoms with Crippen molar-refractivity contribution in [2.24, 2.45) is 0 Å². The zero-order valence-corrected chi connectivity index (χ0v) is 19.1. The molecule has 5 nitrogen and oxygen atoms in total. The number of hydrogen-bond donors (Lipinski definition) is 3. The lowest BCUT2D eigenvalue weighted by Crippen LogP contribution is -2.39. The highest BCUT2D eigenvalue weighted by molar-refractivity contribution is 5.98. The van der Waals surface area contributed by atoms with E-state index in [-0.39, 0.29) is 35.7 Å². The molecule has 0 spiro atoms. The van der Waals surface area contributed by atoms with Gasteiger partial charge in [-0.3, -0.25) is 4.79 Å². The summed E-state index contributed by atoms with van der Waals surface area (Å²) in [4.78, 5) is 16.3. The molecule has 1 unspecified atom stereocenters. The number of benzene rings is 3. The molecule has 0 aliphatic carbocycles. The zero-order valence-electron chi connectivity index (χ0n) is 19.1. The number of hydrogen-bond acceptors (Lipinski definition) is 3. The van der Waals surface area contributed by atoms with E-state index >= 15 is 0 Å². The van der Waals surface area contributed by atoms with Crippen molar-refractivity contribution in [1.29, 1.82) is 0 Å². The topological polar surface area (TPSA) is 74.3 Å². The van der Waals surface area contributed by atoms with Gasteiger partial charge in [0.1, 0.15) is 23.2 Å². The molecule has 3 N–H and O–H groups in total. The van der Waals surface area contributed by atoms with Crippen LogP contribution in [0.2, 0.25) is 0 Å². The van der Waals surface area contributed by atoms with Gasteiger partial charge in [0.15, 0.2) is 0 Å². The molecule has 4 aromatic rings. The number of aromatic nitrogens is 1. The van der Waals surface area contributed by atoms with Crippen LogP contribution in [0, 0.1) is 17.5 Å². The first-order valence-corrected chi connectivity index (χ1v) is 11.3. The summed E-state index contributed by atoms with van der Waals surface area (Å²) in [6.45, 7) is 1.91. The molecule has 0 radical (unpaired) electrons. The quantitative estimate of drug-likeness (QED) is 0.300. The van der Waals surface area contributed by atoms with Crippen LogP contribution in [-0.4, -0.2) is 35.3 Å². The summed E-state index contributed by atoms with van der Waals surface area (Å²) in [6.07, 6.45) is 2.66. The van der Waals surface area contributed by atoms with Gasteiger partial charge in [0, 0.05) is 22.7 Å². The Kier molecular flexibility index (Phi) is 7.41.